The molecular formula is C78H78N8O6. The van der Waals surface area contributed by atoms with E-state index in [1.807, 2.05) is 38.1 Å². The molecular weight excluding hydrogens is 1140 g/mol. The third-order valence-electron chi connectivity index (χ3n) is 20.7. The van der Waals surface area contributed by atoms with Crippen LogP contribution in [0.4, 0.5) is 0 Å². The molecule has 4 N–H and O–H groups in total. The number of hydrogen-bond acceptors (Lipinski definition) is 14. The fourth-order valence-corrected chi connectivity index (χ4v) is 15.4. The Balaban J connectivity index is 0.944. The maximum Gasteiger partial charge on any atom is 0.305 e. The predicted molar refractivity (Wildman–Crippen MR) is 365 cm³/mol. The number of nitrogens with zero attached hydrogens (tertiary/aromatic N) is 6. The number of aliphatic imine (C=N–C) groups is 6. The van der Waals surface area contributed by atoms with E-state index in [0.717, 1.165) is 217 Å². The van der Waals surface area contributed by atoms with Crippen LogP contribution in [0.1, 0.15) is 158 Å². The molecule has 0 radical (unpaired) electrons. The molecule has 0 spiro atoms. The first kappa shape index (κ1) is 61.2. The lowest BCUT2D eigenvalue weighted by Gasteiger charge is -2.17. The summed E-state index contributed by atoms with van der Waals surface area (Å²) in [6.07, 6.45) is 13.4. The molecule has 10 aliphatic heterocycles. The van der Waals surface area contributed by atoms with E-state index < -0.39 is 0 Å². The molecule has 14 heteroatoms. The van der Waals surface area contributed by atoms with Crippen molar-refractivity contribution in [1.82, 2.24) is 10.6 Å². The Kier molecular flexibility index (Phi) is 15.9. The van der Waals surface area contributed by atoms with Gasteiger partial charge in [0.05, 0.1) is 93.8 Å². The Morgan fingerprint density at radius 2 is 0.837 bits per heavy atom. The maximum absolute atomic E-state index is 13.0. The van der Waals surface area contributed by atoms with Gasteiger partial charge in [-0.1, -0.05) is 65.2 Å². The zero-order valence-electron chi connectivity index (χ0n) is 55.2. The van der Waals surface area contributed by atoms with E-state index in [-0.39, 0.29) is 60.0 Å². The molecule has 12 aliphatic rings. The summed E-state index contributed by atoms with van der Waals surface area (Å²) in [4.78, 5) is 57.9. The molecule has 14 nitrogen and oxygen atoms in total. The van der Waals surface area contributed by atoms with Crippen LogP contribution in [-0.4, -0.2) is 70.6 Å². The van der Waals surface area contributed by atoms with Gasteiger partial charge in [-0.25, -0.2) is 30.0 Å². The summed E-state index contributed by atoms with van der Waals surface area (Å²) >= 11 is 0. The van der Waals surface area contributed by atoms with Crippen molar-refractivity contribution in [3.8, 4) is 23.7 Å². The second-order valence-corrected chi connectivity index (χ2v) is 25.5. The topological polar surface area (TPSA) is 191 Å². The number of fused-ring (bicyclic) bond motifs is 10. The Labute approximate surface area is 539 Å². The summed E-state index contributed by atoms with van der Waals surface area (Å²) in [5, 5.41) is 31.4. The minimum absolute atomic E-state index is 0.152. The summed E-state index contributed by atoms with van der Waals surface area (Å²) in [7, 11) is 2.84. The molecule has 10 heterocycles. The van der Waals surface area contributed by atoms with Crippen LogP contribution in [0, 0.1) is 47.4 Å². The van der Waals surface area contributed by atoms with E-state index in [2.05, 4.69) is 128 Å². The van der Waals surface area contributed by atoms with Crippen LogP contribution in [-0.2, 0) is 19.1 Å². The van der Waals surface area contributed by atoms with Gasteiger partial charge in [-0.05, 0) is 184 Å². The summed E-state index contributed by atoms with van der Waals surface area (Å²) in [5.41, 5.74) is 30.2. The van der Waals surface area contributed by atoms with Gasteiger partial charge < -0.3 is 30.3 Å². The molecule has 0 aromatic heterocycles. The lowest BCUT2D eigenvalue weighted by molar-refractivity contribution is -0.141. The van der Waals surface area contributed by atoms with Crippen molar-refractivity contribution in [2.24, 2.45) is 53.6 Å². The van der Waals surface area contributed by atoms with Crippen molar-refractivity contribution in [2.75, 3.05) is 14.2 Å². The molecule has 0 unspecified atom stereocenters. The second-order valence-electron chi connectivity index (χ2n) is 25.5. The number of hydrogen-bond donors (Lipinski definition) is 4. The molecule has 466 valence electrons. The van der Waals surface area contributed by atoms with E-state index in [4.69, 9.17) is 39.4 Å². The smallest absolute Gasteiger partial charge is 0.305 e. The van der Waals surface area contributed by atoms with Crippen molar-refractivity contribution in [1.29, 1.82) is 0 Å². The third-order valence-corrected chi connectivity index (χ3v) is 20.7. The first-order valence-corrected chi connectivity index (χ1v) is 32.6. The molecule has 4 atom stereocenters. The van der Waals surface area contributed by atoms with Gasteiger partial charge in [0, 0.05) is 106 Å². The van der Waals surface area contributed by atoms with E-state index >= 15 is 0 Å². The molecule has 2 aliphatic carbocycles. The number of esters is 2. The Hall–Kier alpha value is -9.66. The van der Waals surface area contributed by atoms with Crippen molar-refractivity contribution < 1.29 is 29.3 Å². The zero-order valence-corrected chi connectivity index (χ0v) is 55.2. The molecule has 0 saturated carbocycles. The quantitative estimate of drug-likeness (QED) is 0.131. The van der Waals surface area contributed by atoms with Crippen molar-refractivity contribution >= 4 is 46.2 Å². The van der Waals surface area contributed by atoms with Gasteiger partial charge in [-0.15, -0.1) is 0 Å². The molecule has 2 saturated heterocycles. The minimum Gasteiger partial charge on any atom is -0.511 e. The number of carbonyl (C=O) groups excluding carboxylic acids is 2. The largest absolute Gasteiger partial charge is 0.511 e. The van der Waals surface area contributed by atoms with Gasteiger partial charge in [0.1, 0.15) is 11.5 Å². The minimum atomic E-state index is -0.291. The van der Waals surface area contributed by atoms with Crippen LogP contribution >= 0.6 is 0 Å². The van der Waals surface area contributed by atoms with Crippen molar-refractivity contribution in [3.05, 3.63) is 217 Å². The maximum atomic E-state index is 13.0. The van der Waals surface area contributed by atoms with Crippen molar-refractivity contribution in [2.45, 2.75) is 147 Å². The molecule has 13 rings (SSSR count). The highest BCUT2D eigenvalue weighted by Crippen LogP contribution is 2.50. The standard InChI is InChI=1S/C78H78N8O6/c1-15-47-37(5)57-33-63-49(17-3)39(7)71(83-63)53(73-41(9)51(27-29-67(89)91-13)75(85-73)55-31-65(87)69-43(11)59(81-77(55)69)35-61(47)79-57)25-23-45-19-21-46(22-20-45)24-26-54-72-40(8)50(18-4)64(84-72)34-58-38(6)48(16-2)62(80-58)36-60-44(12)70-66(88)32-56(78(70)82-60)76-52(28-30-68(90)92-14)42(10)74(54)86-76/h19-22,33-36,41-42,51-52,85-88H,15-18,27-32H2,1-14H3/t41-,42-,51-,52-/m0/s1. The molecule has 0 amide bonds. The van der Waals surface area contributed by atoms with E-state index in [1.165, 1.54) is 14.2 Å². The molecule has 1 aromatic rings. The molecule has 2 fully saturated rings. The average molecular weight is 1220 g/mol. The number of rotatable bonds is 10. The monoisotopic (exact) mass is 1220 g/mol. The highest BCUT2D eigenvalue weighted by Gasteiger charge is 2.45. The number of nitrogens with one attached hydrogen (secondary N) is 2. The van der Waals surface area contributed by atoms with Gasteiger partial charge in [0.2, 0.25) is 0 Å². The van der Waals surface area contributed by atoms with Crippen LogP contribution in [0.5, 0.6) is 0 Å². The summed E-state index contributed by atoms with van der Waals surface area (Å²) < 4.78 is 10.4. The van der Waals surface area contributed by atoms with Gasteiger partial charge in [-0.3, -0.25) is 9.59 Å². The predicted octanol–water partition coefficient (Wildman–Crippen LogP) is 15.2. The Morgan fingerprint density at radius 3 is 1.20 bits per heavy atom. The SMILES string of the molecule is CCC1=C(C)C2=NC1=CC1=C(C)C3=C(O)CC(=C4NC(=C(C#Cc5ccc(C#CC6=C7NC(=C8CC(O)=C9C8=NC(=C9C)C=C8N=C(C=C9N=C6C(C)=C9CC)C(C)=C8CC)[C@@H](CCC(=O)OC)[C@@H]7C)cc5)C5=NC(=C2)C(CC)=C5C)[C@@H](C)[C@@H]4CCC(=O)OC)C3=N1. The summed E-state index contributed by atoms with van der Waals surface area (Å²) in [6, 6.07) is 8.01. The molecule has 1 aromatic carbocycles. The van der Waals surface area contributed by atoms with Crippen LogP contribution < -0.4 is 10.6 Å². The van der Waals surface area contributed by atoms with Gasteiger partial charge in [-0.2, -0.15) is 0 Å². The zero-order chi connectivity index (χ0) is 64.9. The van der Waals surface area contributed by atoms with E-state index in [0.29, 0.717) is 25.7 Å². The fraction of sp³-hybridized carbons (Fsp3) is 0.359. The summed E-state index contributed by atoms with van der Waals surface area (Å²) in [5.74, 6) is 13.8. The van der Waals surface area contributed by atoms with Crippen LogP contribution in [0.15, 0.2) is 236 Å². The van der Waals surface area contributed by atoms with Gasteiger partial charge >= 0.3 is 11.9 Å². The number of ether oxygens (including phenoxy) is 2. The third kappa shape index (κ3) is 10.0. The summed E-state index contributed by atoms with van der Waals surface area (Å²) in [6.45, 7) is 25.5. The van der Waals surface area contributed by atoms with Crippen molar-refractivity contribution in [3.63, 3.8) is 0 Å². The Morgan fingerprint density at radius 1 is 0.478 bits per heavy atom. The van der Waals surface area contributed by atoms with Crippen LogP contribution in [0.2, 0.25) is 0 Å². The highest BCUT2D eigenvalue weighted by molar-refractivity contribution is 6.24. The first-order chi connectivity index (χ1) is 44.3. The number of methoxy groups -OCH3 is 2. The van der Waals surface area contributed by atoms with E-state index in [9.17, 15) is 19.8 Å². The van der Waals surface area contributed by atoms with Gasteiger partial charge in [0.25, 0.3) is 0 Å². The normalized spacial score (nSPS) is 23.7. The number of benzene rings is 1. The number of aliphatic hydroxyl groups excluding tert-OH is 2. The van der Waals surface area contributed by atoms with Crippen LogP contribution in [0.25, 0.3) is 0 Å². The number of allylic oxidation sites excluding steroid dienone is 24. The lowest BCUT2D eigenvalue weighted by Crippen LogP contribution is -2.16. The van der Waals surface area contributed by atoms with Crippen LogP contribution in [0.3, 0.4) is 0 Å². The second kappa shape index (κ2) is 23.9. The number of aliphatic hydroxyl groups is 2. The lowest BCUT2D eigenvalue weighted by atomic mass is 9.84. The molecule has 16 bridgehead atoms. The molecule has 92 heavy (non-hydrogen) atoms. The Bertz CT molecular complexity index is 4300. The van der Waals surface area contributed by atoms with Gasteiger partial charge in [0.15, 0.2) is 0 Å². The number of carbonyl (C=O) groups is 2. The van der Waals surface area contributed by atoms with E-state index in [1.54, 1.807) is 0 Å². The fourth-order valence-electron chi connectivity index (χ4n) is 15.4. The highest BCUT2D eigenvalue weighted by atomic mass is 16.5. The average Bonchev–Trinajstić information content (AvgIpc) is 1.59. The first-order valence-electron chi connectivity index (χ1n) is 32.6.